The fourth-order valence-corrected chi connectivity index (χ4v) is 2.26. The molecule has 0 fully saturated rings. The van der Waals surface area contributed by atoms with E-state index in [2.05, 4.69) is 12.2 Å². The van der Waals surface area contributed by atoms with Crippen LogP contribution in [-0.2, 0) is 0 Å². The SMILES string of the molecule is CCCCOc1ccc(C(=O)NCC(O)c2ccc([N+](=O)[O-])cc2)cc1. The highest BCUT2D eigenvalue weighted by Gasteiger charge is 2.13. The Kier molecular flexibility index (Phi) is 7.11. The van der Waals surface area contributed by atoms with Crippen molar-refractivity contribution in [3.63, 3.8) is 0 Å². The molecule has 0 bridgehead atoms. The second-order valence-electron chi connectivity index (χ2n) is 5.80. The molecule has 2 N–H and O–H groups in total. The van der Waals surface area contributed by atoms with Gasteiger partial charge in [-0.05, 0) is 48.4 Å². The van der Waals surface area contributed by atoms with Gasteiger partial charge in [-0.15, -0.1) is 0 Å². The summed E-state index contributed by atoms with van der Waals surface area (Å²) in [5, 5.41) is 23.4. The van der Waals surface area contributed by atoms with Crippen LogP contribution in [0.3, 0.4) is 0 Å². The number of non-ortho nitro benzene ring substituents is 1. The zero-order valence-corrected chi connectivity index (χ0v) is 14.6. The van der Waals surface area contributed by atoms with Crippen molar-refractivity contribution in [2.24, 2.45) is 0 Å². The van der Waals surface area contributed by atoms with Gasteiger partial charge >= 0.3 is 0 Å². The molecule has 0 aromatic heterocycles. The molecule has 0 radical (unpaired) electrons. The zero-order chi connectivity index (χ0) is 18.9. The minimum Gasteiger partial charge on any atom is -0.494 e. The predicted molar refractivity (Wildman–Crippen MR) is 97.2 cm³/mol. The van der Waals surface area contributed by atoms with E-state index >= 15 is 0 Å². The first-order valence-electron chi connectivity index (χ1n) is 8.44. The van der Waals surface area contributed by atoms with E-state index < -0.39 is 11.0 Å². The van der Waals surface area contributed by atoms with Gasteiger partial charge in [0.2, 0.25) is 0 Å². The molecule has 0 spiro atoms. The Labute approximate surface area is 151 Å². The third kappa shape index (κ3) is 5.56. The maximum Gasteiger partial charge on any atom is 0.269 e. The Hall–Kier alpha value is -2.93. The molecule has 0 aliphatic heterocycles. The van der Waals surface area contributed by atoms with Crippen molar-refractivity contribution in [2.75, 3.05) is 13.2 Å². The number of nitro benzene ring substituents is 1. The lowest BCUT2D eigenvalue weighted by molar-refractivity contribution is -0.384. The van der Waals surface area contributed by atoms with Crippen LogP contribution in [0, 0.1) is 10.1 Å². The van der Waals surface area contributed by atoms with Crippen LogP contribution in [0.25, 0.3) is 0 Å². The lowest BCUT2D eigenvalue weighted by Gasteiger charge is -2.12. The summed E-state index contributed by atoms with van der Waals surface area (Å²) in [7, 11) is 0. The summed E-state index contributed by atoms with van der Waals surface area (Å²) in [5.74, 6) is 0.395. The Morgan fingerprint density at radius 2 is 1.85 bits per heavy atom. The van der Waals surface area contributed by atoms with Crippen molar-refractivity contribution in [2.45, 2.75) is 25.9 Å². The van der Waals surface area contributed by atoms with Gasteiger partial charge < -0.3 is 15.2 Å². The van der Waals surface area contributed by atoms with Gasteiger partial charge in [0.1, 0.15) is 5.75 Å². The Balaban J connectivity index is 1.86. The van der Waals surface area contributed by atoms with Gasteiger partial charge in [0.15, 0.2) is 0 Å². The van der Waals surface area contributed by atoms with E-state index in [1.807, 2.05) is 0 Å². The largest absolute Gasteiger partial charge is 0.494 e. The molecule has 0 saturated carbocycles. The van der Waals surface area contributed by atoms with Crippen LogP contribution in [0.1, 0.15) is 41.8 Å². The van der Waals surface area contributed by atoms with Crippen LogP contribution in [0.4, 0.5) is 5.69 Å². The van der Waals surface area contributed by atoms with Gasteiger partial charge in [-0.1, -0.05) is 13.3 Å². The summed E-state index contributed by atoms with van der Waals surface area (Å²) in [6.45, 7) is 2.73. The molecule has 26 heavy (non-hydrogen) atoms. The number of aliphatic hydroxyl groups excluding tert-OH is 1. The number of hydrogen-bond donors (Lipinski definition) is 2. The van der Waals surface area contributed by atoms with Crippen molar-refractivity contribution in [3.05, 3.63) is 69.8 Å². The smallest absolute Gasteiger partial charge is 0.269 e. The minimum atomic E-state index is -0.948. The summed E-state index contributed by atoms with van der Waals surface area (Å²) >= 11 is 0. The third-order valence-corrected chi connectivity index (χ3v) is 3.83. The van der Waals surface area contributed by atoms with E-state index in [1.165, 1.54) is 24.3 Å². The Morgan fingerprint density at radius 3 is 2.42 bits per heavy atom. The number of unbranched alkanes of at least 4 members (excludes halogenated alkanes) is 1. The highest BCUT2D eigenvalue weighted by atomic mass is 16.6. The highest BCUT2D eigenvalue weighted by molar-refractivity contribution is 5.94. The predicted octanol–water partition coefficient (Wildman–Crippen LogP) is 3.24. The maximum atomic E-state index is 12.1. The molecular weight excluding hydrogens is 336 g/mol. The number of nitro groups is 1. The van der Waals surface area contributed by atoms with Crippen molar-refractivity contribution in [1.82, 2.24) is 5.32 Å². The van der Waals surface area contributed by atoms with Crippen LogP contribution < -0.4 is 10.1 Å². The van der Waals surface area contributed by atoms with Crippen LogP contribution in [0.15, 0.2) is 48.5 Å². The van der Waals surface area contributed by atoms with Crippen molar-refractivity contribution < 1.29 is 19.6 Å². The average molecular weight is 358 g/mol. The molecule has 2 aromatic carbocycles. The van der Waals surface area contributed by atoms with E-state index in [0.717, 1.165) is 12.8 Å². The van der Waals surface area contributed by atoms with Crippen molar-refractivity contribution >= 4 is 11.6 Å². The zero-order valence-electron chi connectivity index (χ0n) is 14.6. The molecule has 1 unspecified atom stereocenters. The van der Waals surface area contributed by atoms with E-state index in [-0.39, 0.29) is 18.1 Å². The van der Waals surface area contributed by atoms with Crippen molar-refractivity contribution in [1.29, 1.82) is 0 Å². The van der Waals surface area contributed by atoms with E-state index in [4.69, 9.17) is 4.74 Å². The van der Waals surface area contributed by atoms with Crippen LogP contribution in [-0.4, -0.2) is 29.1 Å². The first kappa shape index (κ1) is 19.4. The van der Waals surface area contributed by atoms with E-state index in [9.17, 15) is 20.0 Å². The minimum absolute atomic E-state index is 0.00535. The fraction of sp³-hybridized carbons (Fsp3) is 0.316. The van der Waals surface area contributed by atoms with Crippen LogP contribution in [0.2, 0.25) is 0 Å². The molecule has 7 nitrogen and oxygen atoms in total. The molecule has 0 aliphatic carbocycles. The molecule has 0 saturated heterocycles. The van der Waals surface area contributed by atoms with Gasteiger partial charge in [-0.25, -0.2) is 0 Å². The average Bonchev–Trinajstić information content (AvgIpc) is 2.66. The number of carbonyl (C=O) groups is 1. The molecule has 2 aromatic rings. The Bertz CT molecular complexity index is 729. The number of rotatable bonds is 9. The number of ether oxygens (including phenoxy) is 1. The second kappa shape index (κ2) is 9.53. The normalized spacial score (nSPS) is 11.6. The van der Waals surface area contributed by atoms with Gasteiger partial charge in [-0.3, -0.25) is 14.9 Å². The molecule has 0 aliphatic rings. The van der Waals surface area contributed by atoms with Gasteiger partial charge in [0, 0.05) is 24.2 Å². The lowest BCUT2D eigenvalue weighted by atomic mass is 10.1. The monoisotopic (exact) mass is 358 g/mol. The van der Waals surface area contributed by atoms with Crippen LogP contribution >= 0.6 is 0 Å². The van der Waals surface area contributed by atoms with Crippen molar-refractivity contribution in [3.8, 4) is 5.75 Å². The number of aliphatic hydroxyl groups is 1. The van der Waals surface area contributed by atoms with E-state index in [0.29, 0.717) is 23.5 Å². The first-order chi connectivity index (χ1) is 12.5. The molecule has 2 rings (SSSR count). The number of benzene rings is 2. The molecule has 138 valence electrons. The van der Waals surface area contributed by atoms with Gasteiger partial charge in [-0.2, -0.15) is 0 Å². The number of amides is 1. The topological polar surface area (TPSA) is 102 Å². The summed E-state index contributed by atoms with van der Waals surface area (Å²) in [5.41, 5.74) is 0.908. The highest BCUT2D eigenvalue weighted by Crippen LogP contribution is 2.17. The van der Waals surface area contributed by atoms with Gasteiger partial charge in [0.25, 0.3) is 11.6 Å². The molecular formula is C19H22N2O5. The summed E-state index contributed by atoms with van der Waals surface area (Å²) in [6, 6.07) is 12.4. The fourth-order valence-electron chi connectivity index (χ4n) is 2.26. The number of nitrogens with one attached hydrogen (secondary N) is 1. The first-order valence-corrected chi connectivity index (χ1v) is 8.44. The molecule has 7 heteroatoms. The standard InChI is InChI=1S/C19H22N2O5/c1-2-3-12-26-17-10-6-15(7-11-17)19(23)20-13-18(22)14-4-8-16(9-5-14)21(24)25/h4-11,18,22H,2-3,12-13H2,1H3,(H,20,23). The molecule has 1 amide bonds. The molecule has 0 heterocycles. The summed E-state index contributed by atoms with van der Waals surface area (Å²) < 4.78 is 5.54. The Morgan fingerprint density at radius 1 is 1.19 bits per heavy atom. The number of hydrogen-bond acceptors (Lipinski definition) is 5. The summed E-state index contributed by atoms with van der Waals surface area (Å²) in [6.07, 6.45) is 1.08. The maximum absolute atomic E-state index is 12.1. The van der Waals surface area contributed by atoms with Gasteiger partial charge in [0.05, 0.1) is 17.6 Å². The molecule has 1 atom stereocenters. The number of nitrogens with zero attached hydrogens (tertiary/aromatic N) is 1. The van der Waals surface area contributed by atoms with Crippen LogP contribution in [0.5, 0.6) is 5.75 Å². The second-order valence-corrected chi connectivity index (χ2v) is 5.80. The third-order valence-electron chi connectivity index (χ3n) is 3.83. The summed E-state index contributed by atoms with van der Waals surface area (Å²) in [4.78, 5) is 22.3. The quantitative estimate of drug-likeness (QED) is 0.407. The van der Waals surface area contributed by atoms with E-state index in [1.54, 1.807) is 24.3 Å². The lowest BCUT2D eigenvalue weighted by Crippen LogP contribution is -2.28. The number of carbonyl (C=O) groups excluding carboxylic acids is 1.